The molecular weight excluding hydrogens is 308 g/mol. The van der Waals surface area contributed by atoms with Crippen molar-refractivity contribution in [3.8, 4) is 0 Å². The van der Waals surface area contributed by atoms with Crippen LogP contribution in [-0.2, 0) is 4.79 Å². The first kappa shape index (κ1) is 16.3. The molecule has 7 nitrogen and oxygen atoms in total. The van der Waals surface area contributed by atoms with Crippen molar-refractivity contribution in [2.24, 2.45) is 0 Å². The number of hydrogen-bond donors (Lipinski definition) is 3. The fourth-order valence-corrected chi connectivity index (χ4v) is 3.13. The number of carbonyl (C=O) groups excluding carboxylic acids is 1. The number of nitrogens with one attached hydrogen (secondary N) is 2. The Morgan fingerprint density at radius 2 is 2.29 bits per heavy atom. The number of aromatic nitrogens is 2. The lowest BCUT2D eigenvalue weighted by atomic mass is 10.2. The minimum absolute atomic E-state index is 0.0582. The van der Waals surface area contributed by atoms with Crippen molar-refractivity contribution in [2.75, 3.05) is 13.1 Å². The maximum absolute atomic E-state index is 12.4. The molecular formula is C17H22N4O3. The second-order valence-corrected chi connectivity index (χ2v) is 6.22. The average Bonchev–Trinajstić information content (AvgIpc) is 3.16. The van der Waals surface area contributed by atoms with E-state index in [0.29, 0.717) is 19.5 Å². The van der Waals surface area contributed by atoms with E-state index in [1.165, 1.54) is 0 Å². The molecule has 1 fully saturated rings. The zero-order valence-corrected chi connectivity index (χ0v) is 13.7. The average molecular weight is 330 g/mol. The van der Waals surface area contributed by atoms with E-state index < -0.39 is 5.97 Å². The number of benzene rings is 1. The van der Waals surface area contributed by atoms with E-state index in [1.807, 2.05) is 19.1 Å². The molecule has 1 aliphatic rings. The largest absolute Gasteiger partial charge is 0.481 e. The quantitative estimate of drug-likeness (QED) is 0.734. The van der Waals surface area contributed by atoms with Crippen LogP contribution in [0.3, 0.4) is 0 Å². The topological polar surface area (TPSA) is 98.3 Å². The maximum atomic E-state index is 12.4. The summed E-state index contributed by atoms with van der Waals surface area (Å²) < 4.78 is 0. The molecule has 0 spiro atoms. The fourth-order valence-electron chi connectivity index (χ4n) is 3.13. The van der Waals surface area contributed by atoms with Gasteiger partial charge in [-0.05, 0) is 43.9 Å². The van der Waals surface area contributed by atoms with Gasteiger partial charge in [0.05, 0.1) is 17.1 Å². The van der Waals surface area contributed by atoms with Crippen molar-refractivity contribution < 1.29 is 14.7 Å². The van der Waals surface area contributed by atoms with E-state index in [4.69, 9.17) is 5.11 Å². The Kier molecular flexibility index (Phi) is 4.69. The van der Waals surface area contributed by atoms with Crippen LogP contribution in [0, 0.1) is 6.92 Å². The van der Waals surface area contributed by atoms with Crippen LogP contribution in [0.15, 0.2) is 18.2 Å². The van der Waals surface area contributed by atoms with Gasteiger partial charge in [-0.2, -0.15) is 0 Å². The van der Waals surface area contributed by atoms with Gasteiger partial charge in [0.15, 0.2) is 0 Å². The lowest BCUT2D eigenvalue weighted by molar-refractivity contribution is -0.137. The molecule has 1 atom stereocenters. The normalized spacial score (nSPS) is 17.4. The molecule has 0 bridgehead atoms. The van der Waals surface area contributed by atoms with Gasteiger partial charge in [0, 0.05) is 19.5 Å². The molecule has 1 saturated heterocycles. The van der Waals surface area contributed by atoms with Crippen molar-refractivity contribution in [1.82, 2.24) is 20.2 Å². The molecule has 0 saturated carbocycles. The van der Waals surface area contributed by atoms with Crippen LogP contribution in [0.4, 0.5) is 4.79 Å². The predicted molar refractivity (Wildman–Crippen MR) is 89.8 cm³/mol. The van der Waals surface area contributed by atoms with Crippen LogP contribution in [0.5, 0.6) is 0 Å². The van der Waals surface area contributed by atoms with Crippen LogP contribution in [0.25, 0.3) is 11.0 Å². The van der Waals surface area contributed by atoms with Crippen molar-refractivity contribution in [1.29, 1.82) is 0 Å². The number of H-pyrrole nitrogens is 1. The highest BCUT2D eigenvalue weighted by molar-refractivity contribution is 5.77. The molecule has 1 aromatic heterocycles. The number of aromatic amines is 1. The van der Waals surface area contributed by atoms with Gasteiger partial charge in [0.1, 0.15) is 5.82 Å². The summed E-state index contributed by atoms with van der Waals surface area (Å²) in [6.45, 7) is 3.09. The molecule has 24 heavy (non-hydrogen) atoms. The number of fused-ring (bicyclic) bond motifs is 1. The monoisotopic (exact) mass is 330 g/mol. The fraction of sp³-hybridized carbons (Fsp3) is 0.471. The Morgan fingerprint density at radius 3 is 3.08 bits per heavy atom. The Hall–Kier alpha value is -2.57. The van der Waals surface area contributed by atoms with E-state index in [9.17, 15) is 9.59 Å². The number of carboxylic acids is 1. The van der Waals surface area contributed by atoms with Gasteiger partial charge in [0.2, 0.25) is 0 Å². The van der Waals surface area contributed by atoms with Crippen LogP contribution in [0.1, 0.15) is 43.1 Å². The number of amides is 2. The Labute approximate surface area is 140 Å². The third-order valence-electron chi connectivity index (χ3n) is 4.33. The minimum atomic E-state index is -0.846. The number of nitrogens with zero attached hydrogens (tertiary/aromatic N) is 2. The Morgan fingerprint density at radius 1 is 1.46 bits per heavy atom. The van der Waals surface area contributed by atoms with Crippen molar-refractivity contribution in [2.45, 2.75) is 38.6 Å². The summed E-state index contributed by atoms with van der Waals surface area (Å²) >= 11 is 0. The second kappa shape index (κ2) is 6.90. The number of aliphatic carboxylic acids is 1. The van der Waals surface area contributed by atoms with Gasteiger partial charge in [-0.3, -0.25) is 4.79 Å². The summed E-state index contributed by atoms with van der Waals surface area (Å²) in [7, 11) is 0. The molecule has 2 heterocycles. The molecule has 3 rings (SSSR count). The van der Waals surface area contributed by atoms with Crippen molar-refractivity contribution >= 4 is 23.0 Å². The van der Waals surface area contributed by atoms with Gasteiger partial charge in [-0.15, -0.1) is 0 Å². The van der Waals surface area contributed by atoms with Crippen LogP contribution in [0.2, 0.25) is 0 Å². The molecule has 1 aliphatic heterocycles. The summed E-state index contributed by atoms with van der Waals surface area (Å²) in [4.78, 5) is 32.6. The van der Waals surface area contributed by atoms with Crippen LogP contribution in [-0.4, -0.2) is 45.1 Å². The summed E-state index contributed by atoms with van der Waals surface area (Å²) in [5, 5.41) is 11.4. The number of hydrogen-bond acceptors (Lipinski definition) is 3. The lowest BCUT2D eigenvalue weighted by Gasteiger charge is -2.23. The zero-order chi connectivity index (χ0) is 17.1. The second-order valence-electron chi connectivity index (χ2n) is 6.22. The minimum Gasteiger partial charge on any atom is -0.481 e. The van der Waals surface area contributed by atoms with Crippen molar-refractivity contribution in [3.63, 3.8) is 0 Å². The highest BCUT2D eigenvalue weighted by Gasteiger charge is 2.32. The molecule has 1 aromatic carbocycles. The molecule has 1 unspecified atom stereocenters. The summed E-state index contributed by atoms with van der Waals surface area (Å²) in [5.41, 5.74) is 3.06. The SMILES string of the molecule is Cc1ccc2nc(C3CCCN3C(=O)NCCCC(=O)O)[nH]c2c1. The first-order valence-electron chi connectivity index (χ1n) is 8.27. The standard InChI is InChI=1S/C17H22N4O3/c1-11-6-7-12-13(10-11)20-16(19-12)14-4-3-9-21(14)17(24)18-8-2-5-15(22)23/h6-7,10,14H,2-5,8-9H2,1H3,(H,18,24)(H,19,20)(H,22,23). The van der Waals surface area contributed by atoms with E-state index >= 15 is 0 Å². The molecule has 0 aliphatic carbocycles. The Balaban J connectivity index is 1.67. The van der Waals surface area contributed by atoms with E-state index in [-0.39, 0.29) is 18.5 Å². The first-order valence-corrected chi connectivity index (χ1v) is 8.27. The number of rotatable bonds is 5. The number of urea groups is 1. The van der Waals surface area contributed by atoms with E-state index in [0.717, 1.165) is 35.3 Å². The highest BCUT2D eigenvalue weighted by Crippen LogP contribution is 2.31. The lowest BCUT2D eigenvalue weighted by Crippen LogP contribution is -2.40. The summed E-state index contributed by atoms with van der Waals surface area (Å²) in [6.07, 6.45) is 2.31. The van der Waals surface area contributed by atoms with E-state index in [1.54, 1.807) is 4.90 Å². The number of carbonyl (C=O) groups is 2. The number of likely N-dealkylation sites (tertiary alicyclic amines) is 1. The predicted octanol–water partition coefficient (Wildman–Crippen LogP) is 2.58. The molecule has 128 valence electrons. The van der Waals surface area contributed by atoms with E-state index in [2.05, 4.69) is 21.4 Å². The molecule has 2 aromatic rings. The highest BCUT2D eigenvalue weighted by atomic mass is 16.4. The van der Waals surface area contributed by atoms with Gasteiger partial charge < -0.3 is 20.3 Å². The van der Waals surface area contributed by atoms with Crippen LogP contribution < -0.4 is 5.32 Å². The molecule has 0 radical (unpaired) electrons. The summed E-state index contributed by atoms with van der Waals surface area (Å²) in [5.74, 6) is -0.0327. The van der Waals surface area contributed by atoms with Crippen molar-refractivity contribution in [3.05, 3.63) is 29.6 Å². The van der Waals surface area contributed by atoms with Gasteiger partial charge in [-0.1, -0.05) is 6.07 Å². The number of imidazole rings is 1. The molecule has 3 N–H and O–H groups in total. The zero-order valence-electron chi connectivity index (χ0n) is 13.7. The number of carboxylic acid groups (broad SMARTS) is 1. The molecule has 7 heteroatoms. The van der Waals surface area contributed by atoms with Gasteiger partial charge >= 0.3 is 12.0 Å². The summed E-state index contributed by atoms with van der Waals surface area (Å²) in [6, 6.07) is 5.85. The first-order chi connectivity index (χ1) is 11.5. The third kappa shape index (κ3) is 3.50. The molecule has 2 amide bonds. The smallest absolute Gasteiger partial charge is 0.318 e. The Bertz CT molecular complexity index is 755. The van der Waals surface area contributed by atoms with Gasteiger partial charge in [-0.25, -0.2) is 9.78 Å². The van der Waals surface area contributed by atoms with Gasteiger partial charge in [0.25, 0.3) is 0 Å². The van der Waals surface area contributed by atoms with Crippen LogP contribution >= 0.6 is 0 Å². The number of aryl methyl sites for hydroxylation is 1. The third-order valence-corrected chi connectivity index (χ3v) is 4.33. The maximum Gasteiger partial charge on any atom is 0.318 e.